The van der Waals surface area contributed by atoms with Crippen LogP contribution in [0.1, 0.15) is 45.7 Å². The molecule has 0 radical (unpaired) electrons. The molecular formula is C15H26N2O2S. The highest BCUT2D eigenvalue weighted by atomic mass is 32.2. The number of sulfonamides is 1. The van der Waals surface area contributed by atoms with Crippen molar-refractivity contribution >= 4 is 10.0 Å². The first-order valence-corrected chi connectivity index (χ1v) is 8.21. The molecule has 0 bridgehead atoms. The van der Waals surface area contributed by atoms with Gasteiger partial charge in [0.05, 0.1) is 4.90 Å². The largest absolute Gasteiger partial charge is 0.324 e. The fraction of sp³-hybridized carbons (Fsp3) is 0.600. The van der Waals surface area contributed by atoms with Gasteiger partial charge in [-0.3, -0.25) is 0 Å². The van der Waals surface area contributed by atoms with Crippen LogP contribution in [-0.2, 0) is 15.4 Å². The normalized spacial score (nSPS) is 13.6. The number of nitrogens with one attached hydrogen (secondary N) is 1. The molecule has 0 spiro atoms. The SMILES string of the molecule is Cc1ccc(C(C)(C)C)cc1S(=O)(=O)NCC(C)(C)N. The van der Waals surface area contributed by atoms with Crippen LogP contribution in [-0.4, -0.2) is 20.5 Å². The predicted molar refractivity (Wildman–Crippen MR) is 83.3 cm³/mol. The highest BCUT2D eigenvalue weighted by molar-refractivity contribution is 7.89. The van der Waals surface area contributed by atoms with Gasteiger partial charge in [0.1, 0.15) is 0 Å². The fourth-order valence-electron chi connectivity index (χ4n) is 1.71. The Morgan fingerprint density at radius 2 is 1.70 bits per heavy atom. The Labute approximate surface area is 122 Å². The molecule has 0 unspecified atom stereocenters. The maximum Gasteiger partial charge on any atom is 0.240 e. The van der Waals surface area contributed by atoms with E-state index >= 15 is 0 Å². The highest BCUT2D eigenvalue weighted by Crippen LogP contribution is 2.26. The minimum absolute atomic E-state index is 0.0922. The van der Waals surface area contributed by atoms with Gasteiger partial charge in [-0.1, -0.05) is 32.9 Å². The van der Waals surface area contributed by atoms with Crippen molar-refractivity contribution in [2.45, 2.75) is 57.4 Å². The molecule has 0 aromatic heterocycles. The topological polar surface area (TPSA) is 72.2 Å². The van der Waals surface area contributed by atoms with Gasteiger partial charge in [0.15, 0.2) is 0 Å². The summed E-state index contributed by atoms with van der Waals surface area (Å²) < 4.78 is 27.4. The van der Waals surface area contributed by atoms with Crippen molar-refractivity contribution < 1.29 is 8.42 Å². The van der Waals surface area contributed by atoms with Gasteiger partial charge in [0.2, 0.25) is 10.0 Å². The Balaban J connectivity index is 3.18. The van der Waals surface area contributed by atoms with E-state index in [4.69, 9.17) is 5.73 Å². The Morgan fingerprint density at radius 3 is 2.15 bits per heavy atom. The second-order valence-electron chi connectivity index (χ2n) is 7.04. The van der Waals surface area contributed by atoms with Crippen molar-refractivity contribution in [2.24, 2.45) is 5.73 Å². The molecule has 0 fully saturated rings. The molecule has 0 atom stereocenters. The van der Waals surface area contributed by atoms with E-state index in [-0.39, 0.29) is 12.0 Å². The van der Waals surface area contributed by atoms with Crippen LogP contribution in [0.5, 0.6) is 0 Å². The van der Waals surface area contributed by atoms with Crippen molar-refractivity contribution in [1.29, 1.82) is 0 Å². The first-order valence-electron chi connectivity index (χ1n) is 6.73. The van der Waals surface area contributed by atoms with Gasteiger partial charge in [0, 0.05) is 12.1 Å². The number of hydrogen-bond acceptors (Lipinski definition) is 3. The molecule has 0 aliphatic carbocycles. The Morgan fingerprint density at radius 1 is 1.15 bits per heavy atom. The summed E-state index contributed by atoms with van der Waals surface area (Å²) in [5.41, 5.74) is 6.89. The number of nitrogens with two attached hydrogens (primary N) is 1. The third-order valence-electron chi connectivity index (χ3n) is 3.06. The molecule has 5 heteroatoms. The molecule has 20 heavy (non-hydrogen) atoms. The van der Waals surface area contributed by atoms with Crippen molar-refractivity contribution in [2.75, 3.05) is 6.54 Å². The summed E-state index contributed by atoms with van der Waals surface area (Å²) in [4.78, 5) is 0.328. The molecular weight excluding hydrogens is 272 g/mol. The maximum absolute atomic E-state index is 12.4. The lowest BCUT2D eigenvalue weighted by atomic mass is 9.87. The molecule has 0 saturated heterocycles. The van der Waals surface area contributed by atoms with Crippen LogP contribution < -0.4 is 10.5 Å². The van der Waals surface area contributed by atoms with Crippen molar-refractivity contribution in [3.05, 3.63) is 29.3 Å². The second-order valence-corrected chi connectivity index (χ2v) is 8.78. The van der Waals surface area contributed by atoms with Crippen LogP contribution >= 0.6 is 0 Å². The van der Waals surface area contributed by atoms with Gasteiger partial charge < -0.3 is 5.73 Å². The van der Waals surface area contributed by atoms with Crippen LogP contribution in [0.25, 0.3) is 0 Å². The summed E-state index contributed by atoms with van der Waals surface area (Å²) in [6.07, 6.45) is 0. The summed E-state index contributed by atoms with van der Waals surface area (Å²) in [7, 11) is -3.54. The van der Waals surface area contributed by atoms with E-state index in [9.17, 15) is 8.42 Å². The van der Waals surface area contributed by atoms with E-state index in [0.717, 1.165) is 11.1 Å². The summed E-state index contributed by atoms with van der Waals surface area (Å²) in [5.74, 6) is 0. The summed E-state index contributed by atoms with van der Waals surface area (Å²) in [6, 6.07) is 5.57. The van der Waals surface area contributed by atoms with Gasteiger partial charge in [-0.25, -0.2) is 13.1 Å². The third-order valence-corrected chi connectivity index (χ3v) is 4.60. The number of hydrogen-bond donors (Lipinski definition) is 2. The first kappa shape index (κ1) is 17.1. The van der Waals surface area contributed by atoms with E-state index < -0.39 is 15.6 Å². The molecule has 0 saturated carbocycles. The predicted octanol–water partition coefficient (Wildman–Crippen LogP) is 2.31. The smallest absolute Gasteiger partial charge is 0.240 e. The number of aryl methyl sites for hydroxylation is 1. The molecule has 0 aliphatic rings. The maximum atomic E-state index is 12.4. The second kappa shape index (κ2) is 5.47. The van der Waals surface area contributed by atoms with Crippen molar-refractivity contribution in [3.63, 3.8) is 0 Å². The summed E-state index contributed by atoms with van der Waals surface area (Å²) >= 11 is 0. The minimum atomic E-state index is -3.54. The van der Waals surface area contributed by atoms with E-state index in [1.807, 2.05) is 12.1 Å². The highest BCUT2D eigenvalue weighted by Gasteiger charge is 2.23. The lowest BCUT2D eigenvalue weighted by Crippen LogP contribution is -2.45. The van der Waals surface area contributed by atoms with Crippen molar-refractivity contribution in [1.82, 2.24) is 4.72 Å². The fourth-order valence-corrected chi connectivity index (χ4v) is 3.21. The van der Waals surface area contributed by atoms with Gasteiger partial charge in [0.25, 0.3) is 0 Å². The minimum Gasteiger partial charge on any atom is -0.324 e. The van der Waals surface area contributed by atoms with Crippen LogP contribution in [0.4, 0.5) is 0 Å². The summed E-state index contributed by atoms with van der Waals surface area (Å²) in [5, 5.41) is 0. The average molecular weight is 298 g/mol. The van der Waals surface area contributed by atoms with Gasteiger partial charge in [-0.15, -0.1) is 0 Å². The number of rotatable bonds is 4. The molecule has 114 valence electrons. The molecule has 0 aliphatic heterocycles. The van der Waals surface area contributed by atoms with Crippen molar-refractivity contribution in [3.8, 4) is 0 Å². The van der Waals surface area contributed by atoms with Gasteiger partial charge in [-0.05, 0) is 43.4 Å². The quantitative estimate of drug-likeness (QED) is 0.896. The van der Waals surface area contributed by atoms with Crippen LogP contribution in [0.15, 0.2) is 23.1 Å². The van der Waals surface area contributed by atoms with Crippen LogP contribution in [0.3, 0.4) is 0 Å². The molecule has 4 nitrogen and oxygen atoms in total. The molecule has 0 heterocycles. The Bertz CT molecular complexity index is 579. The van der Waals surface area contributed by atoms with Crippen LogP contribution in [0.2, 0.25) is 0 Å². The van der Waals surface area contributed by atoms with E-state index in [1.165, 1.54) is 0 Å². The lowest BCUT2D eigenvalue weighted by Gasteiger charge is -2.22. The van der Waals surface area contributed by atoms with E-state index in [1.54, 1.807) is 26.8 Å². The lowest BCUT2D eigenvalue weighted by molar-refractivity contribution is 0.497. The van der Waals surface area contributed by atoms with E-state index in [2.05, 4.69) is 25.5 Å². The zero-order chi connectivity index (χ0) is 15.8. The molecule has 1 aromatic rings. The monoisotopic (exact) mass is 298 g/mol. The third kappa shape index (κ3) is 4.58. The average Bonchev–Trinajstić information content (AvgIpc) is 2.24. The van der Waals surface area contributed by atoms with Gasteiger partial charge in [-0.2, -0.15) is 0 Å². The first-order chi connectivity index (χ1) is 8.83. The Kier molecular flexibility index (Phi) is 4.69. The number of benzene rings is 1. The van der Waals surface area contributed by atoms with Gasteiger partial charge >= 0.3 is 0 Å². The standard InChI is InChI=1S/C15H26N2O2S/c1-11-7-8-12(14(2,3)4)9-13(11)20(18,19)17-10-15(5,6)16/h7-9,17H,10,16H2,1-6H3. The summed E-state index contributed by atoms with van der Waals surface area (Å²) in [6.45, 7) is 11.8. The van der Waals surface area contributed by atoms with E-state index in [0.29, 0.717) is 4.90 Å². The molecule has 1 aromatic carbocycles. The Hall–Kier alpha value is -0.910. The zero-order valence-corrected chi connectivity index (χ0v) is 14.1. The molecule has 0 amide bonds. The molecule has 3 N–H and O–H groups in total. The molecule has 1 rings (SSSR count). The van der Waals surface area contributed by atoms with Crippen LogP contribution in [0, 0.1) is 6.92 Å². The zero-order valence-electron chi connectivity index (χ0n) is 13.2.